The predicted molar refractivity (Wildman–Crippen MR) is 90.3 cm³/mol. The van der Waals surface area contributed by atoms with Crippen LogP contribution in [-0.2, 0) is 4.79 Å². The number of nitrogens with zero attached hydrogens (tertiary/aromatic N) is 3. The van der Waals surface area contributed by atoms with Crippen molar-refractivity contribution in [2.24, 2.45) is 0 Å². The average Bonchev–Trinajstić information content (AvgIpc) is 3.32. The molecule has 3 aromatic rings. The highest BCUT2D eigenvalue weighted by atomic mass is 16.3. The summed E-state index contributed by atoms with van der Waals surface area (Å²) < 4.78 is 6.62. The number of carbonyl (C=O) groups excluding carboxylic acids is 2. The Labute approximate surface area is 143 Å². The Kier molecular flexibility index (Phi) is 5.20. The largest absolute Gasteiger partial charge is 0.459 e. The minimum atomic E-state index is -0.283. The Hall–Kier alpha value is -3.42. The van der Waals surface area contributed by atoms with Crippen LogP contribution in [0.2, 0.25) is 0 Å². The van der Waals surface area contributed by atoms with E-state index in [1.807, 2.05) is 12.1 Å². The zero-order chi connectivity index (χ0) is 17.5. The molecule has 0 radical (unpaired) electrons. The smallest absolute Gasteiger partial charge is 0.286 e. The maximum Gasteiger partial charge on any atom is 0.286 e. The SMILES string of the molecule is O=C(CCCNC(=O)c1ccco1)Nc1ccc(-n2cncn2)cc1. The lowest BCUT2D eigenvalue weighted by Gasteiger charge is -2.07. The molecule has 128 valence electrons. The second-order valence-corrected chi connectivity index (χ2v) is 5.27. The first-order valence-electron chi connectivity index (χ1n) is 7.79. The standard InChI is InChI=1S/C17H17N5O3/c23-16(4-1-9-19-17(24)15-3-2-10-25-15)21-13-5-7-14(8-6-13)22-12-18-11-20-22/h2-3,5-8,10-12H,1,4,9H2,(H,19,24)(H,21,23). The van der Waals surface area contributed by atoms with E-state index in [4.69, 9.17) is 4.42 Å². The van der Waals surface area contributed by atoms with Crippen LogP contribution in [0.5, 0.6) is 0 Å². The van der Waals surface area contributed by atoms with Crippen molar-refractivity contribution in [3.8, 4) is 5.69 Å². The van der Waals surface area contributed by atoms with E-state index in [0.717, 1.165) is 5.69 Å². The highest BCUT2D eigenvalue weighted by molar-refractivity contribution is 5.92. The fourth-order valence-electron chi connectivity index (χ4n) is 2.21. The molecule has 2 heterocycles. The lowest BCUT2D eigenvalue weighted by atomic mass is 10.2. The molecule has 0 saturated carbocycles. The van der Waals surface area contributed by atoms with Crippen molar-refractivity contribution in [2.75, 3.05) is 11.9 Å². The summed E-state index contributed by atoms with van der Waals surface area (Å²) in [4.78, 5) is 27.5. The third kappa shape index (κ3) is 4.54. The van der Waals surface area contributed by atoms with E-state index in [0.29, 0.717) is 25.1 Å². The summed E-state index contributed by atoms with van der Waals surface area (Å²) in [5.41, 5.74) is 1.56. The number of nitrogens with one attached hydrogen (secondary N) is 2. The zero-order valence-corrected chi connectivity index (χ0v) is 13.4. The van der Waals surface area contributed by atoms with Crippen LogP contribution in [0.1, 0.15) is 23.4 Å². The van der Waals surface area contributed by atoms with Gasteiger partial charge in [0.25, 0.3) is 5.91 Å². The highest BCUT2D eigenvalue weighted by Gasteiger charge is 2.08. The van der Waals surface area contributed by atoms with Crippen molar-refractivity contribution in [3.05, 3.63) is 61.1 Å². The van der Waals surface area contributed by atoms with Gasteiger partial charge in [0.15, 0.2) is 5.76 Å². The molecule has 0 unspecified atom stereocenters. The molecule has 3 rings (SSSR count). The molecule has 2 amide bonds. The lowest BCUT2D eigenvalue weighted by molar-refractivity contribution is -0.116. The molecule has 0 bridgehead atoms. The predicted octanol–water partition coefficient (Wildman–Crippen LogP) is 2.01. The van der Waals surface area contributed by atoms with Gasteiger partial charge in [0.1, 0.15) is 12.7 Å². The highest BCUT2D eigenvalue weighted by Crippen LogP contribution is 2.12. The van der Waals surface area contributed by atoms with Gasteiger partial charge >= 0.3 is 0 Å². The Bertz CT molecular complexity index is 811. The number of hydrogen-bond donors (Lipinski definition) is 2. The fraction of sp³-hybridized carbons (Fsp3) is 0.176. The van der Waals surface area contributed by atoms with Gasteiger partial charge in [0.05, 0.1) is 12.0 Å². The third-order valence-electron chi connectivity index (χ3n) is 3.45. The van der Waals surface area contributed by atoms with E-state index in [2.05, 4.69) is 20.7 Å². The van der Waals surface area contributed by atoms with Gasteiger partial charge in [-0.25, -0.2) is 9.67 Å². The Morgan fingerprint density at radius 1 is 1.16 bits per heavy atom. The van der Waals surface area contributed by atoms with E-state index < -0.39 is 0 Å². The van der Waals surface area contributed by atoms with Gasteiger partial charge in [-0.1, -0.05) is 0 Å². The van der Waals surface area contributed by atoms with Crippen molar-refractivity contribution in [1.29, 1.82) is 0 Å². The summed E-state index contributed by atoms with van der Waals surface area (Å²) >= 11 is 0. The molecular formula is C17H17N5O3. The number of aromatic nitrogens is 3. The lowest BCUT2D eigenvalue weighted by Crippen LogP contribution is -2.25. The van der Waals surface area contributed by atoms with E-state index in [1.165, 1.54) is 12.6 Å². The van der Waals surface area contributed by atoms with E-state index in [-0.39, 0.29) is 17.6 Å². The van der Waals surface area contributed by atoms with Crippen LogP contribution in [0, 0.1) is 0 Å². The minimum absolute atomic E-state index is 0.110. The van der Waals surface area contributed by atoms with Gasteiger partial charge in [0.2, 0.25) is 5.91 Å². The van der Waals surface area contributed by atoms with Gasteiger partial charge in [-0.05, 0) is 42.8 Å². The number of anilines is 1. The van der Waals surface area contributed by atoms with Crippen LogP contribution < -0.4 is 10.6 Å². The van der Waals surface area contributed by atoms with Crippen LogP contribution >= 0.6 is 0 Å². The summed E-state index contributed by atoms with van der Waals surface area (Å²) in [6.45, 7) is 0.401. The molecule has 8 nitrogen and oxygen atoms in total. The molecule has 0 atom stereocenters. The average molecular weight is 339 g/mol. The fourth-order valence-corrected chi connectivity index (χ4v) is 2.21. The Morgan fingerprint density at radius 3 is 2.68 bits per heavy atom. The first-order valence-corrected chi connectivity index (χ1v) is 7.79. The monoisotopic (exact) mass is 339 g/mol. The summed E-state index contributed by atoms with van der Waals surface area (Å²) in [7, 11) is 0. The van der Waals surface area contributed by atoms with E-state index in [1.54, 1.807) is 35.3 Å². The maximum atomic E-state index is 11.9. The molecule has 0 spiro atoms. The molecule has 0 aliphatic heterocycles. The quantitative estimate of drug-likeness (QED) is 0.641. The summed E-state index contributed by atoms with van der Waals surface area (Å²) in [6.07, 6.45) is 5.35. The van der Waals surface area contributed by atoms with Crippen molar-refractivity contribution in [3.63, 3.8) is 0 Å². The number of hydrogen-bond acceptors (Lipinski definition) is 5. The van der Waals surface area contributed by atoms with Gasteiger partial charge in [-0.15, -0.1) is 0 Å². The number of benzene rings is 1. The van der Waals surface area contributed by atoms with E-state index in [9.17, 15) is 9.59 Å². The third-order valence-corrected chi connectivity index (χ3v) is 3.45. The van der Waals surface area contributed by atoms with Crippen LogP contribution in [0.15, 0.2) is 59.7 Å². The molecule has 1 aromatic carbocycles. The number of amides is 2. The minimum Gasteiger partial charge on any atom is -0.459 e. The Morgan fingerprint density at radius 2 is 2.00 bits per heavy atom. The van der Waals surface area contributed by atoms with Crippen LogP contribution in [-0.4, -0.2) is 33.1 Å². The zero-order valence-electron chi connectivity index (χ0n) is 13.4. The van der Waals surface area contributed by atoms with Crippen LogP contribution in [0.4, 0.5) is 5.69 Å². The van der Waals surface area contributed by atoms with Crippen molar-refractivity contribution in [1.82, 2.24) is 20.1 Å². The van der Waals surface area contributed by atoms with Crippen molar-refractivity contribution < 1.29 is 14.0 Å². The summed E-state index contributed by atoms with van der Waals surface area (Å²) in [6, 6.07) is 10.5. The normalized spacial score (nSPS) is 10.4. The topological polar surface area (TPSA) is 102 Å². The van der Waals surface area contributed by atoms with Crippen molar-refractivity contribution >= 4 is 17.5 Å². The van der Waals surface area contributed by atoms with Crippen LogP contribution in [0.25, 0.3) is 5.69 Å². The second kappa shape index (κ2) is 7.91. The molecule has 2 aromatic heterocycles. The van der Waals surface area contributed by atoms with E-state index >= 15 is 0 Å². The van der Waals surface area contributed by atoms with Gasteiger partial charge in [-0.3, -0.25) is 9.59 Å². The molecule has 2 N–H and O–H groups in total. The first-order chi connectivity index (χ1) is 12.2. The summed E-state index contributed by atoms with van der Waals surface area (Å²) in [5.74, 6) is -0.133. The second-order valence-electron chi connectivity index (χ2n) is 5.27. The molecular weight excluding hydrogens is 322 g/mol. The number of carbonyl (C=O) groups is 2. The molecule has 25 heavy (non-hydrogen) atoms. The Balaban J connectivity index is 1.40. The molecule has 8 heteroatoms. The molecule has 0 fully saturated rings. The molecule has 0 saturated heterocycles. The maximum absolute atomic E-state index is 11.9. The van der Waals surface area contributed by atoms with Crippen LogP contribution in [0.3, 0.4) is 0 Å². The first kappa shape index (κ1) is 16.4. The number of furan rings is 1. The molecule has 0 aliphatic carbocycles. The van der Waals surface area contributed by atoms with Gasteiger partial charge in [-0.2, -0.15) is 5.10 Å². The van der Waals surface area contributed by atoms with Gasteiger partial charge < -0.3 is 15.1 Å². The van der Waals surface area contributed by atoms with Gasteiger partial charge in [0, 0.05) is 18.7 Å². The molecule has 0 aliphatic rings. The number of rotatable bonds is 7. The van der Waals surface area contributed by atoms with Crippen molar-refractivity contribution in [2.45, 2.75) is 12.8 Å². The summed E-state index contributed by atoms with van der Waals surface area (Å²) in [5, 5.41) is 9.55.